The molecule has 5 rings (SSSR count). The van der Waals surface area contributed by atoms with Crippen LogP contribution in [0.1, 0.15) is 17.5 Å². The average molecular weight is 554 g/mol. The summed E-state index contributed by atoms with van der Waals surface area (Å²) in [4.78, 5) is 13.4. The summed E-state index contributed by atoms with van der Waals surface area (Å²) in [5.74, 6) is -1.24. The number of thiophene rings is 1. The molecule has 0 aliphatic heterocycles. The molecular formula is C28H24ClNO5S2. The lowest BCUT2D eigenvalue weighted by molar-refractivity contribution is -0.141. The van der Waals surface area contributed by atoms with E-state index in [2.05, 4.69) is 4.72 Å². The minimum Gasteiger partial charge on any atom is -0.480 e. The van der Waals surface area contributed by atoms with Crippen LogP contribution in [0.25, 0.3) is 10.4 Å². The van der Waals surface area contributed by atoms with Gasteiger partial charge in [0, 0.05) is 9.90 Å². The van der Waals surface area contributed by atoms with E-state index in [0.717, 1.165) is 27.3 Å². The van der Waals surface area contributed by atoms with Crippen molar-refractivity contribution in [2.24, 2.45) is 0 Å². The van der Waals surface area contributed by atoms with Crippen LogP contribution in [0.2, 0.25) is 5.02 Å². The van der Waals surface area contributed by atoms with E-state index in [0.29, 0.717) is 10.6 Å². The van der Waals surface area contributed by atoms with Crippen LogP contribution >= 0.6 is 22.9 Å². The highest BCUT2D eigenvalue weighted by molar-refractivity contribution is 7.91. The minimum atomic E-state index is -4.15. The van der Waals surface area contributed by atoms with E-state index >= 15 is 0 Å². The van der Waals surface area contributed by atoms with Gasteiger partial charge in [-0.25, -0.2) is 8.42 Å². The molecule has 0 radical (unpaired) electrons. The number of carboxylic acids is 1. The standard InChI is InChI=1S/C28H24ClNO5S2/c29-23-13-11-21(12-14-23)24-15-16-25(36-24)37(33,34)30-28(26(31)32)18-27(28,22-9-5-2-6-10-22)19-35-17-20-7-3-1-4-8-20/h1-16,30H,17-19H2,(H,31,32)/t27-,28+/m1/s1. The van der Waals surface area contributed by atoms with Gasteiger partial charge in [-0.2, -0.15) is 4.72 Å². The van der Waals surface area contributed by atoms with Gasteiger partial charge >= 0.3 is 5.97 Å². The van der Waals surface area contributed by atoms with Gasteiger partial charge in [-0.05, 0) is 47.4 Å². The molecule has 0 saturated heterocycles. The van der Waals surface area contributed by atoms with Gasteiger partial charge in [0.15, 0.2) is 0 Å². The Hall–Kier alpha value is -3.01. The predicted octanol–water partition coefficient (Wildman–Crippen LogP) is 5.73. The van der Waals surface area contributed by atoms with Crippen molar-refractivity contribution in [3.8, 4) is 10.4 Å². The molecule has 190 valence electrons. The van der Waals surface area contributed by atoms with E-state index in [9.17, 15) is 18.3 Å². The number of aliphatic carboxylic acids is 1. The molecule has 37 heavy (non-hydrogen) atoms. The molecule has 0 amide bonds. The molecule has 1 heterocycles. The summed E-state index contributed by atoms with van der Waals surface area (Å²) in [6, 6.07) is 28.9. The maximum absolute atomic E-state index is 13.5. The first kappa shape index (κ1) is 25.6. The Morgan fingerprint density at radius 3 is 2.24 bits per heavy atom. The number of hydrogen-bond donors (Lipinski definition) is 2. The number of carbonyl (C=O) groups is 1. The van der Waals surface area contributed by atoms with E-state index in [-0.39, 0.29) is 23.8 Å². The molecule has 0 bridgehead atoms. The van der Waals surface area contributed by atoms with Gasteiger partial charge in [0.2, 0.25) is 0 Å². The summed E-state index contributed by atoms with van der Waals surface area (Å²) in [7, 11) is -4.15. The van der Waals surface area contributed by atoms with Crippen molar-refractivity contribution >= 4 is 38.9 Å². The number of benzene rings is 3. The van der Waals surface area contributed by atoms with Crippen molar-refractivity contribution in [2.45, 2.75) is 28.2 Å². The van der Waals surface area contributed by atoms with Gasteiger partial charge in [0.1, 0.15) is 9.75 Å². The van der Waals surface area contributed by atoms with Crippen molar-refractivity contribution in [2.75, 3.05) is 6.61 Å². The lowest BCUT2D eigenvalue weighted by Gasteiger charge is -2.24. The molecule has 3 aromatic carbocycles. The van der Waals surface area contributed by atoms with Gasteiger partial charge in [-0.3, -0.25) is 4.79 Å². The fraction of sp³-hybridized carbons (Fsp3) is 0.179. The summed E-state index contributed by atoms with van der Waals surface area (Å²) < 4.78 is 35.5. The summed E-state index contributed by atoms with van der Waals surface area (Å²) in [5.41, 5.74) is -0.322. The second-order valence-corrected chi connectivity index (χ2v) is 12.5. The number of nitrogens with one attached hydrogen (secondary N) is 1. The second-order valence-electron chi connectivity index (χ2n) is 9.04. The number of ether oxygens (including phenoxy) is 1. The molecule has 9 heteroatoms. The Bertz CT molecular complexity index is 1510. The summed E-state index contributed by atoms with van der Waals surface area (Å²) in [6.45, 7) is 0.328. The maximum Gasteiger partial charge on any atom is 0.325 e. The zero-order valence-corrected chi connectivity index (χ0v) is 22.0. The van der Waals surface area contributed by atoms with Crippen LogP contribution in [0.15, 0.2) is 101 Å². The lowest BCUT2D eigenvalue weighted by Crippen LogP contribution is -2.49. The average Bonchev–Trinajstić information content (AvgIpc) is 3.27. The van der Waals surface area contributed by atoms with Crippen LogP contribution in [0.5, 0.6) is 0 Å². The van der Waals surface area contributed by atoms with Crippen molar-refractivity contribution in [1.82, 2.24) is 4.72 Å². The van der Waals surface area contributed by atoms with Gasteiger partial charge in [-0.1, -0.05) is 84.4 Å². The van der Waals surface area contributed by atoms with Crippen LogP contribution in [0.4, 0.5) is 0 Å². The van der Waals surface area contributed by atoms with Gasteiger partial charge < -0.3 is 9.84 Å². The molecule has 1 aliphatic rings. The normalized spacial score (nSPS) is 21.0. The Labute approximate surface area is 224 Å². The summed E-state index contributed by atoms with van der Waals surface area (Å²) >= 11 is 7.04. The molecule has 0 unspecified atom stereocenters. The summed E-state index contributed by atoms with van der Waals surface area (Å²) in [5, 5.41) is 10.9. The van der Waals surface area contributed by atoms with Crippen molar-refractivity contribution in [1.29, 1.82) is 0 Å². The monoisotopic (exact) mass is 553 g/mol. The first-order valence-electron chi connectivity index (χ1n) is 11.6. The van der Waals surface area contributed by atoms with Crippen molar-refractivity contribution in [3.63, 3.8) is 0 Å². The topological polar surface area (TPSA) is 92.7 Å². The Kier molecular flexibility index (Phi) is 6.95. The number of sulfonamides is 1. The van der Waals surface area contributed by atoms with Crippen LogP contribution in [0.3, 0.4) is 0 Å². The third kappa shape index (κ3) is 4.95. The largest absolute Gasteiger partial charge is 0.480 e. The van der Waals surface area contributed by atoms with Gasteiger partial charge in [0.25, 0.3) is 10.0 Å². The SMILES string of the molecule is O=C(O)[C@@]1(NS(=O)(=O)c2ccc(-c3ccc(Cl)cc3)s2)C[C@@]1(COCc1ccccc1)c1ccccc1. The molecule has 1 aromatic heterocycles. The minimum absolute atomic E-state index is 0.0390. The Morgan fingerprint density at radius 1 is 0.946 bits per heavy atom. The number of hydrogen-bond acceptors (Lipinski definition) is 5. The smallest absolute Gasteiger partial charge is 0.325 e. The Morgan fingerprint density at radius 2 is 1.59 bits per heavy atom. The first-order chi connectivity index (χ1) is 17.8. The van der Waals surface area contributed by atoms with Crippen LogP contribution in [0, 0.1) is 0 Å². The third-order valence-corrected chi connectivity index (χ3v) is 10.1. The van der Waals surface area contributed by atoms with Crippen LogP contribution in [-0.4, -0.2) is 31.6 Å². The highest BCUT2D eigenvalue weighted by Gasteiger charge is 2.75. The zero-order chi connectivity index (χ0) is 26.1. The number of halogens is 1. The molecule has 1 fully saturated rings. The number of rotatable bonds is 10. The molecule has 1 saturated carbocycles. The fourth-order valence-corrected chi connectivity index (χ4v) is 7.52. The van der Waals surface area contributed by atoms with E-state index < -0.39 is 26.9 Å². The second kappa shape index (κ2) is 10.0. The highest BCUT2D eigenvalue weighted by atomic mass is 35.5. The predicted molar refractivity (Wildman–Crippen MR) is 144 cm³/mol. The Balaban J connectivity index is 1.43. The fourth-order valence-electron chi connectivity index (χ4n) is 4.66. The maximum atomic E-state index is 13.5. The third-order valence-electron chi connectivity index (χ3n) is 6.69. The molecule has 6 nitrogen and oxygen atoms in total. The van der Waals surface area contributed by atoms with Crippen LogP contribution in [-0.2, 0) is 31.6 Å². The van der Waals surface area contributed by atoms with E-state index in [1.165, 1.54) is 6.07 Å². The molecular weight excluding hydrogens is 530 g/mol. The zero-order valence-electron chi connectivity index (χ0n) is 19.6. The van der Waals surface area contributed by atoms with E-state index in [4.69, 9.17) is 16.3 Å². The quantitative estimate of drug-likeness (QED) is 0.262. The lowest BCUT2D eigenvalue weighted by atomic mass is 9.91. The first-order valence-corrected chi connectivity index (χ1v) is 14.2. The molecule has 4 aromatic rings. The molecule has 2 N–H and O–H groups in total. The number of carboxylic acid groups (broad SMARTS) is 1. The van der Waals surface area contributed by atoms with Crippen LogP contribution < -0.4 is 4.72 Å². The summed E-state index contributed by atoms with van der Waals surface area (Å²) in [6.07, 6.45) is 0.0722. The molecule has 0 spiro atoms. The molecule has 1 aliphatic carbocycles. The van der Waals surface area contributed by atoms with Gasteiger partial charge in [-0.15, -0.1) is 11.3 Å². The molecule has 2 atom stereocenters. The van der Waals surface area contributed by atoms with Gasteiger partial charge in [0.05, 0.1) is 18.6 Å². The highest BCUT2D eigenvalue weighted by Crippen LogP contribution is 2.59. The van der Waals surface area contributed by atoms with Crippen molar-refractivity contribution in [3.05, 3.63) is 113 Å². The van der Waals surface area contributed by atoms with E-state index in [1.54, 1.807) is 18.2 Å². The van der Waals surface area contributed by atoms with E-state index in [1.807, 2.05) is 72.8 Å². The van der Waals surface area contributed by atoms with Crippen molar-refractivity contribution < 1.29 is 23.1 Å².